The standard InChI is InChI=1S/C67H43N/c1-4-20-44(21-5-1)47-36-39-65(57(40-47)45-22-6-2-7-23-45)68(48-37-38-53-51-28-11-10-26-49(51)50-27-12-13-29-52(50)59(53)41-48)66-43-64-60(42-58(66)46-24-8-3-9-25-46)56-32-16-19-35-63(56)67(64)61-33-17-14-30-54(61)55-31-15-18-34-62(55)67/h1-43H. The van der Waals surface area contributed by atoms with E-state index in [2.05, 4.69) is 266 Å². The third-order valence-corrected chi connectivity index (χ3v) is 14.9. The van der Waals surface area contributed by atoms with Gasteiger partial charge in [0.2, 0.25) is 0 Å². The van der Waals surface area contributed by atoms with Crippen LogP contribution in [0.3, 0.4) is 0 Å². The van der Waals surface area contributed by atoms with Gasteiger partial charge in [0, 0.05) is 16.8 Å². The molecule has 12 aromatic rings. The summed E-state index contributed by atoms with van der Waals surface area (Å²) in [6.07, 6.45) is 0. The van der Waals surface area contributed by atoms with Gasteiger partial charge in [-0.2, -0.15) is 0 Å². The minimum absolute atomic E-state index is 0.521. The molecule has 0 aromatic heterocycles. The van der Waals surface area contributed by atoms with Crippen molar-refractivity contribution in [1.29, 1.82) is 0 Å². The van der Waals surface area contributed by atoms with Crippen LogP contribution < -0.4 is 4.90 Å². The third kappa shape index (κ3) is 5.57. The predicted molar refractivity (Wildman–Crippen MR) is 286 cm³/mol. The summed E-state index contributed by atoms with van der Waals surface area (Å²) in [6, 6.07) is 97.2. The van der Waals surface area contributed by atoms with Gasteiger partial charge in [0.15, 0.2) is 0 Å². The first kappa shape index (κ1) is 38.5. The molecule has 0 fully saturated rings. The van der Waals surface area contributed by atoms with Crippen LogP contribution >= 0.6 is 0 Å². The van der Waals surface area contributed by atoms with Gasteiger partial charge in [-0.3, -0.25) is 0 Å². The highest BCUT2D eigenvalue weighted by Crippen LogP contribution is 2.64. The molecule has 12 aromatic carbocycles. The van der Waals surface area contributed by atoms with Crippen LogP contribution in [0.15, 0.2) is 261 Å². The van der Waals surface area contributed by atoms with Gasteiger partial charge in [-0.05, 0) is 135 Å². The van der Waals surface area contributed by atoms with Crippen molar-refractivity contribution in [3.63, 3.8) is 0 Å². The predicted octanol–water partition coefficient (Wildman–Crippen LogP) is 18.0. The number of fused-ring (bicyclic) bond motifs is 16. The summed E-state index contributed by atoms with van der Waals surface area (Å²) >= 11 is 0. The first-order valence-corrected chi connectivity index (χ1v) is 23.7. The van der Waals surface area contributed by atoms with Crippen molar-refractivity contribution in [2.75, 3.05) is 4.90 Å². The molecule has 0 saturated carbocycles. The fraction of sp³-hybridized carbons (Fsp3) is 0.0149. The van der Waals surface area contributed by atoms with E-state index >= 15 is 0 Å². The molecule has 316 valence electrons. The van der Waals surface area contributed by atoms with E-state index < -0.39 is 5.41 Å². The molecule has 0 radical (unpaired) electrons. The second-order valence-corrected chi connectivity index (χ2v) is 18.3. The van der Waals surface area contributed by atoms with Gasteiger partial charge in [-0.25, -0.2) is 0 Å². The van der Waals surface area contributed by atoms with E-state index in [1.165, 1.54) is 99.1 Å². The molecule has 68 heavy (non-hydrogen) atoms. The number of hydrogen-bond donors (Lipinski definition) is 0. The number of anilines is 3. The lowest BCUT2D eigenvalue weighted by atomic mass is 9.70. The second-order valence-electron chi connectivity index (χ2n) is 18.3. The maximum Gasteiger partial charge on any atom is 0.0726 e. The Morgan fingerprint density at radius 2 is 0.647 bits per heavy atom. The van der Waals surface area contributed by atoms with Crippen molar-refractivity contribution >= 4 is 49.4 Å². The van der Waals surface area contributed by atoms with Crippen molar-refractivity contribution in [2.24, 2.45) is 0 Å². The fourth-order valence-corrected chi connectivity index (χ4v) is 12.0. The minimum Gasteiger partial charge on any atom is -0.309 e. The van der Waals surface area contributed by atoms with Crippen molar-refractivity contribution in [1.82, 2.24) is 0 Å². The summed E-state index contributed by atoms with van der Waals surface area (Å²) < 4.78 is 0. The summed E-state index contributed by atoms with van der Waals surface area (Å²) in [5, 5.41) is 7.52. The largest absolute Gasteiger partial charge is 0.309 e. The zero-order valence-corrected chi connectivity index (χ0v) is 37.3. The summed E-state index contributed by atoms with van der Waals surface area (Å²) in [4.78, 5) is 2.58. The molecule has 0 amide bonds. The Morgan fingerprint density at radius 1 is 0.221 bits per heavy atom. The zero-order chi connectivity index (χ0) is 44.8. The van der Waals surface area contributed by atoms with Gasteiger partial charge in [-0.15, -0.1) is 0 Å². The van der Waals surface area contributed by atoms with Gasteiger partial charge in [0.1, 0.15) is 0 Å². The van der Waals surface area contributed by atoms with Crippen molar-refractivity contribution < 1.29 is 0 Å². The van der Waals surface area contributed by atoms with Crippen LogP contribution in [0, 0.1) is 0 Å². The number of nitrogens with zero attached hydrogens (tertiary/aromatic N) is 1. The van der Waals surface area contributed by atoms with Gasteiger partial charge >= 0.3 is 0 Å². The van der Waals surface area contributed by atoms with Crippen LogP contribution in [0.5, 0.6) is 0 Å². The molecular weight excluding hydrogens is 819 g/mol. The van der Waals surface area contributed by atoms with Crippen molar-refractivity contribution in [3.05, 3.63) is 283 Å². The van der Waals surface area contributed by atoms with Crippen molar-refractivity contribution in [2.45, 2.75) is 5.41 Å². The molecule has 1 heteroatoms. The highest BCUT2D eigenvalue weighted by atomic mass is 15.1. The van der Waals surface area contributed by atoms with E-state index in [-0.39, 0.29) is 0 Å². The maximum absolute atomic E-state index is 2.58. The molecule has 0 atom stereocenters. The fourth-order valence-electron chi connectivity index (χ4n) is 12.0. The summed E-state index contributed by atoms with van der Waals surface area (Å²) in [5.41, 5.74) is 20.3. The maximum atomic E-state index is 2.58. The Labute approximate surface area is 396 Å². The normalized spacial score (nSPS) is 12.8. The minimum atomic E-state index is -0.521. The first-order valence-electron chi connectivity index (χ1n) is 23.7. The lowest BCUT2D eigenvalue weighted by Gasteiger charge is -2.34. The topological polar surface area (TPSA) is 3.24 Å². The molecule has 0 unspecified atom stereocenters. The first-order chi connectivity index (χ1) is 33.8. The van der Waals surface area contributed by atoms with Crippen LogP contribution in [0.4, 0.5) is 17.1 Å². The average Bonchev–Trinajstić information content (AvgIpc) is 3.88. The van der Waals surface area contributed by atoms with E-state index in [4.69, 9.17) is 0 Å². The quantitative estimate of drug-likeness (QED) is 0.151. The van der Waals surface area contributed by atoms with Crippen molar-refractivity contribution in [3.8, 4) is 55.6 Å². The highest BCUT2D eigenvalue weighted by molar-refractivity contribution is 6.26. The van der Waals surface area contributed by atoms with Crippen LogP contribution in [0.25, 0.3) is 88.0 Å². The number of benzene rings is 12. The summed E-state index contributed by atoms with van der Waals surface area (Å²) in [6.45, 7) is 0. The molecule has 0 aliphatic heterocycles. The molecule has 2 aliphatic rings. The second kappa shape index (κ2) is 15.1. The summed E-state index contributed by atoms with van der Waals surface area (Å²) in [5.74, 6) is 0. The van der Waals surface area contributed by atoms with Gasteiger partial charge in [0.05, 0.1) is 16.8 Å². The lowest BCUT2D eigenvalue weighted by molar-refractivity contribution is 0.794. The molecular formula is C67H43N. The van der Waals surface area contributed by atoms with Crippen LogP contribution in [0.1, 0.15) is 22.3 Å². The Hall–Kier alpha value is -8.78. The number of hydrogen-bond acceptors (Lipinski definition) is 1. The molecule has 1 spiro atoms. The van der Waals surface area contributed by atoms with Crippen LogP contribution in [0.2, 0.25) is 0 Å². The van der Waals surface area contributed by atoms with Gasteiger partial charge < -0.3 is 4.90 Å². The molecule has 1 nitrogen and oxygen atoms in total. The lowest BCUT2D eigenvalue weighted by Crippen LogP contribution is -2.26. The number of rotatable bonds is 6. The van der Waals surface area contributed by atoms with E-state index in [1.807, 2.05) is 0 Å². The SMILES string of the molecule is c1ccc(-c2ccc(N(c3ccc4c5ccccc5c5ccccc5c4c3)c3cc4c(cc3-c3ccccc3)-c3ccccc3C43c4ccccc4-c4ccccc43)c(-c3ccccc3)c2)cc1. The van der Waals surface area contributed by atoms with Gasteiger partial charge in [-0.1, -0.05) is 224 Å². The Balaban J connectivity index is 1.14. The smallest absolute Gasteiger partial charge is 0.0726 e. The van der Waals surface area contributed by atoms with E-state index in [0.717, 1.165) is 28.2 Å². The van der Waals surface area contributed by atoms with E-state index in [0.29, 0.717) is 0 Å². The molecule has 2 aliphatic carbocycles. The average molecular weight is 862 g/mol. The highest BCUT2D eigenvalue weighted by Gasteiger charge is 2.52. The Kier molecular flexibility index (Phi) is 8.57. The molecule has 0 bridgehead atoms. The Bertz CT molecular complexity index is 3880. The summed E-state index contributed by atoms with van der Waals surface area (Å²) in [7, 11) is 0. The molecule has 0 N–H and O–H groups in total. The van der Waals surface area contributed by atoms with E-state index in [9.17, 15) is 0 Å². The molecule has 0 heterocycles. The van der Waals surface area contributed by atoms with Crippen LogP contribution in [-0.4, -0.2) is 0 Å². The monoisotopic (exact) mass is 861 g/mol. The Morgan fingerprint density at radius 3 is 1.19 bits per heavy atom. The van der Waals surface area contributed by atoms with E-state index in [1.54, 1.807) is 0 Å². The third-order valence-electron chi connectivity index (χ3n) is 14.9. The zero-order valence-electron chi connectivity index (χ0n) is 37.3. The van der Waals surface area contributed by atoms with Gasteiger partial charge in [0.25, 0.3) is 0 Å². The van der Waals surface area contributed by atoms with Crippen LogP contribution in [-0.2, 0) is 5.41 Å². The molecule has 14 rings (SSSR count). The molecule has 0 saturated heterocycles.